The Morgan fingerprint density at radius 1 is 1.29 bits per heavy atom. The number of carboxylic acid groups (broad SMARTS) is 1. The van der Waals surface area contributed by atoms with Gasteiger partial charge in [0.15, 0.2) is 0 Å². The van der Waals surface area contributed by atoms with Crippen LogP contribution in [0, 0.1) is 5.92 Å². The molecular weight excluding hydrogens is 366 g/mol. The van der Waals surface area contributed by atoms with E-state index in [-0.39, 0.29) is 6.54 Å². The number of nitrogens with one attached hydrogen (secondary N) is 1. The summed E-state index contributed by atoms with van der Waals surface area (Å²) >= 11 is 0. The lowest BCUT2D eigenvalue weighted by Gasteiger charge is -2.19. The van der Waals surface area contributed by atoms with Crippen molar-refractivity contribution in [2.45, 2.75) is 32.7 Å². The Hall–Kier alpha value is -3.10. The van der Waals surface area contributed by atoms with E-state index in [1.807, 2.05) is 0 Å². The smallest absolute Gasteiger partial charge is 0.322 e. The molecule has 1 aliphatic carbocycles. The number of likely N-dealkylation sites (N-methyl/N-ethyl adjacent to an activating group) is 1. The van der Waals surface area contributed by atoms with Crippen molar-refractivity contribution >= 4 is 17.8 Å². The molecule has 9 heteroatoms. The molecule has 1 aromatic heterocycles. The lowest BCUT2D eigenvalue weighted by molar-refractivity contribution is -0.138. The van der Waals surface area contributed by atoms with E-state index in [0.717, 1.165) is 12.3 Å². The third-order valence-corrected chi connectivity index (χ3v) is 4.24. The first-order valence-corrected chi connectivity index (χ1v) is 9.01. The molecule has 1 saturated carbocycles. The lowest BCUT2D eigenvalue weighted by Crippen LogP contribution is -2.38. The summed E-state index contributed by atoms with van der Waals surface area (Å²) in [5.74, 6) is -2.13. The average Bonchev–Trinajstić information content (AvgIpc) is 3.45. The van der Waals surface area contributed by atoms with Gasteiger partial charge in [-0.2, -0.15) is 0 Å². The van der Waals surface area contributed by atoms with E-state index in [1.165, 1.54) is 31.7 Å². The van der Waals surface area contributed by atoms with E-state index >= 15 is 0 Å². The molecule has 1 aliphatic rings. The molecule has 2 amide bonds. The van der Waals surface area contributed by atoms with Gasteiger partial charge in [0.2, 0.25) is 5.88 Å². The van der Waals surface area contributed by atoms with Crippen LogP contribution in [0.15, 0.2) is 29.7 Å². The van der Waals surface area contributed by atoms with Gasteiger partial charge in [0.05, 0.1) is 6.61 Å². The van der Waals surface area contributed by atoms with Crippen LogP contribution < -0.4 is 10.1 Å². The van der Waals surface area contributed by atoms with Gasteiger partial charge in [-0.15, -0.1) is 0 Å². The third-order valence-electron chi connectivity index (χ3n) is 4.24. The van der Waals surface area contributed by atoms with Gasteiger partial charge >= 0.3 is 5.97 Å². The highest BCUT2D eigenvalue weighted by atomic mass is 16.5. The van der Waals surface area contributed by atoms with Gasteiger partial charge in [-0.3, -0.25) is 14.4 Å². The maximum Gasteiger partial charge on any atom is 0.322 e. The number of pyridine rings is 1. The van der Waals surface area contributed by atoms with Crippen molar-refractivity contribution in [2.24, 2.45) is 5.92 Å². The van der Waals surface area contributed by atoms with Gasteiger partial charge < -0.3 is 25.2 Å². The average molecular weight is 391 g/mol. The molecule has 0 aromatic carbocycles. The highest BCUT2D eigenvalue weighted by Crippen LogP contribution is 2.32. The Kier molecular flexibility index (Phi) is 7.36. The normalized spacial score (nSPS) is 14.1. The number of carbonyl (C=O) groups is 3. The topological polar surface area (TPSA) is 129 Å². The molecule has 0 atom stereocenters. The molecule has 1 aromatic rings. The Bertz CT molecular complexity index is 751. The van der Waals surface area contributed by atoms with E-state index in [9.17, 15) is 19.5 Å². The van der Waals surface area contributed by atoms with Crippen molar-refractivity contribution < 1.29 is 29.3 Å². The van der Waals surface area contributed by atoms with Gasteiger partial charge in [-0.05, 0) is 24.8 Å². The van der Waals surface area contributed by atoms with Gasteiger partial charge in [0, 0.05) is 25.9 Å². The molecule has 152 valence electrons. The summed E-state index contributed by atoms with van der Waals surface area (Å²) in [6, 6.07) is 3.48. The van der Waals surface area contributed by atoms with Gasteiger partial charge in [-0.1, -0.05) is 18.9 Å². The lowest BCUT2D eigenvalue weighted by atomic mass is 10.1. The number of aromatic nitrogens is 1. The van der Waals surface area contributed by atoms with Crippen LogP contribution in [-0.4, -0.2) is 58.1 Å². The van der Waals surface area contributed by atoms with Crippen LogP contribution in [-0.2, 0) is 20.9 Å². The van der Waals surface area contributed by atoms with E-state index in [0.29, 0.717) is 18.1 Å². The van der Waals surface area contributed by atoms with Crippen molar-refractivity contribution in [3.63, 3.8) is 0 Å². The molecule has 0 radical (unpaired) electrons. The van der Waals surface area contributed by atoms with Crippen molar-refractivity contribution in [3.05, 3.63) is 35.2 Å². The number of aliphatic hydroxyl groups is 1. The second kappa shape index (κ2) is 9.72. The van der Waals surface area contributed by atoms with Crippen LogP contribution in [0.25, 0.3) is 0 Å². The number of hydrogen-bond acceptors (Lipinski definition) is 6. The SMILES string of the molecule is C/C(O)=C(/C(=O)NCC(=O)O)C(=O)N(C)Cc1ccc(OCCC2CC2)nc1. The second-order valence-corrected chi connectivity index (χ2v) is 6.78. The number of hydrogen-bond donors (Lipinski definition) is 3. The number of aliphatic carboxylic acids is 1. The van der Waals surface area contributed by atoms with Gasteiger partial charge in [-0.25, -0.2) is 4.98 Å². The monoisotopic (exact) mass is 391 g/mol. The molecule has 28 heavy (non-hydrogen) atoms. The Morgan fingerprint density at radius 2 is 2.00 bits per heavy atom. The van der Waals surface area contributed by atoms with E-state index in [4.69, 9.17) is 9.84 Å². The van der Waals surface area contributed by atoms with Crippen molar-refractivity contribution in [1.82, 2.24) is 15.2 Å². The second-order valence-electron chi connectivity index (χ2n) is 6.78. The zero-order valence-corrected chi connectivity index (χ0v) is 16.0. The maximum absolute atomic E-state index is 12.5. The highest BCUT2D eigenvalue weighted by molar-refractivity contribution is 6.18. The molecule has 0 aliphatic heterocycles. The number of allylic oxidation sites excluding steroid dienone is 1. The Morgan fingerprint density at radius 3 is 2.54 bits per heavy atom. The Balaban J connectivity index is 1.92. The van der Waals surface area contributed by atoms with Gasteiger partial charge in [0.1, 0.15) is 17.9 Å². The number of carbonyl (C=O) groups excluding carboxylic acids is 2. The first-order chi connectivity index (χ1) is 13.3. The highest BCUT2D eigenvalue weighted by Gasteiger charge is 2.25. The number of aliphatic hydroxyl groups excluding tert-OH is 1. The minimum Gasteiger partial charge on any atom is -0.512 e. The number of nitrogens with zero attached hydrogens (tertiary/aromatic N) is 2. The number of carboxylic acids is 1. The zero-order valence-electron chi connectivity index (χ0n) is 16.0. The van der Waals surface area contributed by atoms with Gasteiger partial charge in [0.25, 0.3) is 11.8 Å². The minimum atomic E-state index is -1.25. The molecule has 2 rings (SSSR count). The summed E-state index contributed by atoms with van der Waals surface area (Å²) in [7, 11) is 1.47. The minimum absolute atomic E-state index is 0.150. The van der Waals surface area contributed by atoms with Crippen molar-refractivity contribution in [1.29, 1.82) is 0 Å². The van der Waals surface area contributed by atoms with Crippen LogP contribution >= 0.6 is 0 Å². The first-order valence-electron chi connectivity index (χ1n) is 9.01. The molecule has 0 bridgehead atoms. The van der Waals surface area contributed by atoms with E-state index < -0.39 is 35.7 Å². The third kappa shape index (κ3) is 6.57. The fourth-order valence-corrected chi connectivity index (χ4v) is 2.52. The summed E-state index contributed by atoms with van der Waals surface area (Å²) in [6.07, 6.45) is 5.15. The van der Waals surface area contributed by atoms with Crippen LogP contribution in [0.5, 0.6) is 5.88 Å². The Labute approximate surface area is 163 Å². The van der Waals surface area contributed by atoms with E-state index in [1.54, 1.807) is 18.3 Å². The maximum atomic E-state index is 12.5. The molecule has 0 spiro atoms. The molecule has 0 saturated heterocycles. The largest absolute Gasteiger partial charge is 0.512 e. The van der Waals surface area contributed by atoms with Crippen molar-refractivity contribution in [2.75, 3.05) is 20.2 Å². The molecule has 0 unspecified atom stereocenters. The number of amides is 2. The molecular formula is C19H25N3O6. The molecule has 9 nitrogen and oxygen atoms in total. The number of rotatable bonds is 10. The first kappa shape index (κ1) is 21.2. The summed E-state index contributed by atoms with van der Waals surface area (Å²) in [5, 5.41) is 20.4. The summed E-state index contributed by atoms with van der Waals surface area (Å²) in [4.78, 5) is 40.5. The van der Waals surface area contributed by atoms with Crippen LogP contribution in [0.3, 0.4) is 0 Å². The summed E-state index contributed by atoms with van der Waals surface area (Å²) < 4.78 is 5.58. The van der Waals surface area contributed by atoms with Crippen LogP contribution in [0.2, 0.25) is 0 Å². The fraction of sp³-hybridized carbons (Fsp3) is 0.474. The molecule has 1 heterocycles. The molecule has 1 fully saturated rings. The van der Waals surface area contributed by atoms with Crippen LogP contribution in [0.4, 0.5) is 0 Å². The summed E-state index contributed by atoms with van der Waals surface area (Å²) in [5.41, 5.74) is 0.211. The zero-order chi connectivity index (χ0) is 20.7. The van der Waals surface area contributed by atoms with Crippen molar-refractivity contribution in [3.8, 4) is 5.88 Å². The predicted octanol–water partition coefficient (Wildman–Crippen LogP) is 1.25. The quantitative estimate of drug-likeness (QED) is 0.237. The molecule has 3 N–H and O–H groups in total. The standard InChI is InChI=1S/C19H25N3O6/c1-12(23)17(18(26)21-10-16(24)25)19(27)22(2)11-14-5-6-15(20-9-14)28-8-7-13-3-4-13/h5-6,9,13,23H,3-4,7-8,10-11H2,1-2H3,(H,21,26)(H,24,25)/b17-12+. The summed E-state index contributed by atoms with van der Waals surface area (Å²) in [6.45, 7) is 1.32. The van der Waals surface area contributed by atoms with Crippen LogP contribution in [0.1, 0.15) is 31.7 Å². The fourth-order valence-electron chi connectivity index (χ4n) is 2.52. The van der Waals surface area contributed by atoms with E-state index in [2.05, 4.69) is 10.3 Å². The predicted molar refractivity (Wildman–Crippen MR) is 99.5 cm³/mol. The number of ether oxygens (including phenoxy) is 1.